The van der Waals surface area contributed by atoms with E-state index >= 15 is 0 Å². The molecular weight excluding hydrogens is 288 g/mol. The highest BCUT2D eigenvalue weighted by molar-refractivity contribution is 7.80. The highest BCUT2D eigenvalue weighted by atomic mass is 35.5. The number of nitrogens with zero attached hydrogens (tertiary/aromatic N) is 1. The van der Waals surface area contributed by atoms with E-state index in [-0.39, 0.29) is 0 Å². The monoisotopic (exact) mass is 310 g/mol. The highest BCUT2D eigenvalue weighted by Crippen LogP contribution is 2.23. The van der Waals surface area contributed by atoms with Crippen molar-refractivity contribution in [2.45, 2.75) is 52.0 Å². The quantitative estimate of drug-likeness (QED) is 0.774. The van der Waals surface area contributed by atoms with Gasteiger partial charge in [0, 0.05) is 23.3 Å². The van der Waals surface area contributed by atoms with Gasteiger partial charge in [-0.1, -0.05) is 37.4 Å². The minimum Gasteiger partial charge on any atom is -0.346 e. The van der Waals surface area contributed by atoms with Crippen LogP contribution in [0.5, 0.6) is 0 Å². The number of nitrogens with one attached hydrogen (secondary N) is 1. The standard InChI is InChI=1S/C16H23ClN2S/c1-3-14-7-5-4-6-10-19(14)16(20)18-13-9-8-12(2)15(17)11-13/h8-9,11,14H,3-7,10H2,1-2H3,(H,18,20). The second kappa shape index (κ2) is 7.28. The molecule has 1 saturated heterocycles. The number of anilines is 1. The number of hydrogen-bond acceptors (Lipinski definition) is 1. The fraction of sp³-hybridized carbons (Fsp3) is 0.562. The summed E-state index contributed by atoms with van der Waals surface area (Å²) in [4.78, 5) is 2.36. The lowest BCUT2D eigenvalue weighted by Gasteiger charge is -2.32. The normalized spacial score (nSPS) is 19.6. The van der Waals surface area contributed by atoms with Gasteiger partial charge < -0.3 is 10.2 Å². The van der Waals surface area contributed by atoms with Crippen LogP contribution in [0, 0.1) is 6.92 Å². The zero-order valence-corrected chi connectivity index (χ0v) is 13.9. The van der Waals surface area contributed by atoms with E-state index in [0.717, 1.165) is 34.4 Å². The Balaban J connectivity index is 2.07. The van der Waals surface area contributed by atoms with Crippen molar-refractivity contribution in [3.05, 3.63) is 28.8 Å². The van der Waals surface area contributed by atoms with Crippen LogP contribution in [0.4, 0.5) is 5.69 Å². The van der Waals surface area contributed by atoms with Gasteiger partial charge in [-0.05, 0) is 56.1 Å². The van der Waals surface area contributed by atoms with Crippen molar-refractivity contribution in [3.63, 3.8) is 0 Å². The second-order valence-corrected chi connectivity index (χ2v) is 6.29. The second-order valence-electron chi connectivity index (χ2n) is 5.50. The average Bonchev–Trinajstić information content (AvgIpc) is 2.68. The largest absolute Gasteiger partial charge is 0.346 e. The topological polar surface area (TPSA) is 15.3 Å². The van der Waals surface area contributed by atoms with Crippen molar-refractivity contribution in [1.29, 1.82) is 0 Å². The van der Waals surface area contributed by atoms with E-state index in [1.54, 1.807) is 0 Å². The van der Waals surface area contributed by atoms with Crippen LogP contribution in [0.1, 0.15) is 44.6 Å². The lowest BCUT2D eigenvalue weighted by molar-refractivity contribution is 0.311. The van der Waals surface area contributed by atoms with E-state index in [9.17, 15) is 0 Å². The maximum absolute atomic E-state index is 6.17. The van der Waals surface area contributed by atoms with E-state index in [4.69, 9.17) is 23.8 Å². The molecule has 0 saturated carbocycles. The Bertz CT molecular complexity index is 476. The summed E-state index contributed by atoms with van der Waals surface area (Å²) in [5, 5.41) is 4.96. The Labute approximate surface area is 132 Å². The van der Waals surface area contributed by atoms with Crippen molar-refractivity contribution in [3.8, 4) is 0 Å². The van der Waals surface area contributed by atoms with Gasteiger partial charge in [0.25, 0.3) is 0 Å². The molecule has 0 amide bonds. The van der Waals surface area contributed by atoms with E-state index in [2.05, 4.69) is 17.1 Å². The van der Waals surface area contributed by atoms with Crippen molar-refractivity contribution in [2.75, 3.05) is 11.9 Å². The number of halogens is 1. The van der Waals surface area contributed by atoms with E-state index < -0.39 is 0 Å². The zero-order chi connectivity index (χ0) is 14.5. The summed E-state index contributed by atoms with van der Waals surface area (Å²) in [6.45, 7) is 5.31. The summed E-state index contributed by atoms with van der Waals surface area (Å²) in [5.74, 6) is 0. The van der Waals surface area contributed by atoms with Gasteiger partial charge in [0.1, 0.15) is 0 Å². The first kappa shape index (κ1) is 15.6. The maximum Gasteiger partial charge on any atom is 0.173 e. The van der Waals surface area contributed by atoms with Crippen LogP contribution in [-0.2, 0) is 0 Å². The molecule has 1 unspecified atom stereocenters. The molecule has 1 heterocycles. The SMILES string of the molecule is CCC1CCCCCN1C(=S)Nc1ccc(C)c(Cl)c1. The molecule has 0 bridgehead atoms. The van der Waals surface area contributed by atoms with Gasteiger partial charge >= 0.3 is 0 Å². The summed E-state index contributed by atoms with van der Waals surface area (Å²) in [7, 11) is 0. The minimum atomic E-state index is 0.568. The van der Waals surface area contributed by atoms with Gasteiger partial charge in [-0.15, -0.1) is 0 Å². The van der Waals surface area contributed by atoms with Crippen LogP contribution < -0.4 is 5.32 Å². The molecule has 110 valence electrons. The minimum absolute atomic E-state index is 0.568. The fourth-order valence-corrected chi connectivity index (χ4v) is 3.27. The average molecular weight is 311 g/mol. The Morgan fingerprint density at radius 2 is 2.20 bits per heavy atom. The van der Waals surface area contributed by atoms with Gasteiger partial charge in [-0.25, -0.2) is 0 Å². The van der Waals surface area contributed by atoms with Crippen LogP contribution in [0.3, 0.4) is 0 Å². The summed E-state index contributed by atoms with van der Waals surface area (Å²) < 4.78 is 0. The summed E-state index contributed by atoms with van der Waals surface area (Å²) in [6.07, 6.45) is 6.25. The molecule has 4 heteroatoms. The molecule has 20 heavy (non-hydrogen) atoms. The molecule has 1 aromatic carbocycles. The third kappa shape index (κ3) is 3.86. The lowest BCUT2D eigenvalue weighted by atomic mass is 10.1. The Hall–Kier alpha value is -0.800. The van der Waals surface area contributed by atoms with Crippen molar-refractivity contribution in [2.24, 2.45) is 0 Å². The van der Waals surface area contributed by atoms with Crippen LogP contribution in [0.2, 0.25) is 5.02 Å². The summed E-state index contributed by atoms with van der Waals surface area (Å²) in [6, 6.07) is 6.57. The summed E-state index contributed by atoms with van der Waals surface area (Å²) >= 11 is 11.8. The smallest absolute Gasteiger partial charge is 0.173 e. The molecule has 0 spiro atoms. The van der Waals surface area contributed by atoms with Crippen LogP contribution in [0.15, 0.2) is 18.2 Å². The van der Waals surface area contributed by atoms with Gasteiger partial charge in [-0.3, -0.25) is 0 Å². The lowest BCUT2D eigenvalue weighted by Crippen LogP contribution is -2.42. The third-order valence-corrected chi connectivity index (χ3v) is 4.78. The first-order valence-corrected chi connectivity index (χ1v) is 8.24. The number of rotatable bonds is 2. The molecule has 0 aromatic heterocycles. The fourth-order valence-electron chi connectivity index (χ4n) is 2.74. The van der Waals surface area contributed by atoms with Crippen LogP contribution in [-0.4, -0.2) is 22.6 Å². The molecule has 1 aliphatic heterocycles. The predicted octanol–water partition coefficient (Wildman–Crippen LogP) is 5.00. The summed E-state index contributed by atoms with van der Waals surface area (Å²) in [5.41, 5.74) is 2.06. The zero-order valence-electron chi connectivity index (χ0n) is 12.3. The number of thiocarbonyl (C=S) groups is 1. The van der Waals surface area contributed by atoms with Crippen molar-refractivity contribution < 1.29 is 0 Å². The molecule has 1 aliphatic rings. The van der Waals surface area contributed by atoms with E-state index in [0.29, 0.717) is 6.04 Å². The molecule has 1 fully saturated rings. The molecule has 1 atom stereocenters. The first-order chi connectivity index (χ1) is 9.61. The molecule has 2 nitrogen and oxygen atoms in total. The molecule has 0 aliphatic carbocycles. The van der Waals surface area contributed by atoms with Gasteiger partial charge in [0.05, 0.1) is 0 Å². The van der Waals surface area contributed by atoms with Crippen molar-refractivity contribution in [1.82, 2.24) is 4.90 Å². The van der Waals surface area contributed by atoms with Crippen molar-refractivity contribution >= 4 is 34.6 Å². The number of hydrogen-bond donors (Lipinski definition) is 1. The van der Waals surface area contributed by atoms with Gasteiger partial charge in [0.15, 0.2) is 5.11 Å². The molecular formula is C16H23ClN2S. The number of benzene rings is 1. The van der Waals surface area contributed by atoms with Gasteiger partial charge in [0.2, 0.25) is 0 Å². The number of aryl methyl sites for hydroxylation is 1. The molecule has 2 rings (SSSR count). The Morgan fingerprint density at radius 1 is 1.40 bits per heavy atom. The molecule has 1 N–H and O–H groups in total. The van der Waals surface area contributed by atoms with Gasteiger partial charge in [-0.2, -0.15) is 0 Å². The maximum atomic E-state index is 6.17. The Morgan fingerprint density at radius 3 is 2.90 bits per heavy atom. The Kier molecular flexibility index (Phi) is 5.67. The third-order valence-electron chi connectivity index (χ3n) is 4.03. The van der Waals surface area contributed by atoms with E-state index in [1.165, 1.54) is 25.7 Å². The molecule has 0 radical (unpaired) electrons. The highest BCUT2D eigenvalue weighted by Gasteiger charge is 2.21. The first-order valence-electron chi connectivity index (χ1n) is 7.45. The van der Waals surface area contributed by atoms with Crippen LogP contribution in [0.25, 0.3) is 0 Å². The molecule has 1 aromatic rings. The predicted molar refractivity (Wildman–Crippen MR) is 91.7 cm³/mol. The van der Waals surface area contributed by atoms with E-state index in [1.807, 2.05) is 25.1 Å². The number of likely N-dealkylation sites (tertiary alicyclic amines) is 1. The van der Waals surface area contributed by atoms with Crippen LogP contribution >= 0.6 is 23.8 Å².